The summed E-state index contributed by atoms with van der Waals surface area (Å²) in [5, 5.41) is 9.03. The maximum atomic E-state index is 10.6. The second-order valence-corrected chi connectivity index (χ2v) is 12.6. The van der Waals surface area contributed by atoms with E-state index in [1.165, 1.54) is 41.4 Å². The van der Waals surface area contributed by atoms with E-state index in [4.69, 9.17) is 26.5 Å². The zero-order valence-electron chi connectivity index (χ0n) is 27.8. The number of aryl methyl sites for hydroxylation is 2. The number of aromatic nitrogens is 4. The van der Waals surface area contributed by atoms with Crippen LogP contribution < -0.4 is 16.4 Å². The third-order valence-electron chi connectivity index (χ3n) is 9.37. The van der Waals surface area contributed by atoms with Crippen molar-refractivity contribution >= 4 is 34.9 Å². The minimum Gasteiger partial charge on any atom is -0.507 e. The number of primary amides is 1. The highest BCUT2D eigenvalue weighted by molar-refractivity contribution is 5.95. The lowest BCUT2D eigenvalue weighted by Crippen LogP contribution is -2.44. The lowest BCUT2D eigenvalue weighted by molar-refractivity contribution is 0.1000. The van der Waals surface area contributed by atoms with Gasteiger partial charge < -0.3 is 26.4 Å². The van der Waals surface area contributed by atoms with Gasteiger partial charge in [0.15, 0.2) is 17.8 Å². The largest absolute Gasteiger partial charge is 0.507 e. The Bertz CT molecular complexity index is 2220. The Hall–Kier alpha value is -6.07. The van der Waals surface area contributed by atoms with Crippen LogP contribution >= 0.6 is 0 Å². The molecule has 4 heterocycles. The van der Waals surface area contributed by atoms with E-state index < -0.39 is 5.91 Å². The van der Waals surface area contributed by atoms with Gasteiger partial charge in [-0.2, -0.15) is 0 Å². The lowest BCUT2D eigenvalue weighted by atomic mass is 10.1. The molecule has 0 spiro atoms. The number of hydrogen-bond donors (Lipinski definition) is 3. The number of aromatic hydroxyl groups is 1. The first kappa shape index (κ1) is 32.5. The molecule has 252 valence electrons. The molecule has 11 heteroatoms. The second kappa shape index (κ2) is 13.8. The smallest absolute Gasteiger partial charge is 0.248 e. The molecule has 50 heavy (non-hydrogen) atoms. The zero-order chi connectivity index (χ0) is 34.8. The van der Waals surface area contributed by atoms with Gasteiger partial charge in [-0.15, -0.1) is 0 Å². The maximum absolute atomic E-state index is 10.6. The summed E-state index contributed by atoms with van der Waals surface area (Å²) in [5.74, 6) is 0.442. The Kier molecular flexibility index (Phi) is 8.97. The zero-order valence-corrected chi connectivity index (χ0v) is 27.8. The topological polar surface area (TPSA) is 156 Å². The number of phenols is 1. The van der Waals surface area contributed by atoms with E-state index in [1.807, 2.05) is 12.1 Å². The van der Waals surface area contributed by atoms with Crippen molar-refractivity contribution in [3.8, 4) is 34.1 Å². The van der Waals surface area contributed by atoms with Gasteiger partial charge in [0.2, 0.25) is 5.91 Å². The fourth-order valence-electron chi connectivity index (χ4n) is 6.58. The van der Waals surface area contributed by atoms with E-state index in [-0.39, 0.29) is 16.9 Å². The molecule has 0 bridgehead atoms. The number of benzene rings is 3. The van der Waals surface area contributed by atoms with E-state index >= 15 is 0 Å². The predicted octanol–water partition coefficient (Wildman–Crippen LogP) is 5.28. The second-order valence-electron chi connectivity index (χ2n) is 12.6. The monoisotopic (exact) mass is 666 g/mol. The van der Waals surface area contributed by atoms with Gasteiger partial charge in [-0.25, -0.2) is 15.0 Å². The molecule has 11 nitrogen and oxygen atoms in total. The van der Waals surface area contributed by atoms with Crippen LogP contribution in [0.4, 0.5) is 11.5 Å². The number of nitrogens with two attached hydrogens (primary N) is 2. The van der Waals surface area contributed by atoms with Crippen LogP contribution in [-0.2, 0) is 12.8 Å². The molecular weight excluding hydrogens is 628 g/mol. The number of rotatable bonds is 6. The molecule has 1 saturated heterocycles. The van der Waals surface area contributed by atoms with Crippen LogP contribution in [0.25, 0.3) is 39.5 Å². The maximum Gasteiger partial charge on any atom is 0.248 e. The van der Waals surface area contributed by atoms with Crippen molar-refractivity contribution in [3.05, 3.63) is 113 Å². The highest BCUT2D eigenvalue weighted by Crippen LogP contribution is 2.34. The van der Waals surface area contributed by atoms with Crippen molar-refractivity contribution in [1.82, 2.24) is 24.4 Å². The summed E-state index contributed by atoms with van der Waals surface area (Å²) in [5.41, 5.74) is 21.2. The number of piperazine rings is 1. The van der Waals surface area contributed by atoms with Crippen LogP contribution in [-0.4, -0.2) is 74.9 Å². The average Bonchev–Trinajstić information content (AvgIpc) is 3.77. The highest BCUT2D eigenvalue weighted by Gasteiger charge is 2.21. The molecule has 0 saturated carbocycles. The number of amides is 1. The number of anilines is 2. The van der Waals surface area contributed by atoms with Crippen molar-refractivity contribution in [1.29, 1.82) is 0 Å². The first-order valence-corrected chi connectivity index (χ1v) is 16.6. The van der Waals surface area contributed by atoms with Crippen LogP contribution in [0.1, 0.15) is 38.3 Å². The number of fused-ring (bicyclic) bond motifs is 2. The van der Waals surface area contributed by atoms with Gasteiger partial charge in [0.1, 0.15) is 17.1 Å². The summed E-state index contributed by atoms with van der Waals surface area (Å²) in [6.07, 6.45) is 5.64. The van der Waals surface area contributed by atoms with Gasteiger partial charge in [-0.3, -0.25) is 14.2 Å². The Morgan fingerprint density at radius 3 is 2.46 bits per heavy atom. The molecule has 1 amide bonds. The number of likely N-dealkylation sites (N-methyl/N-ethyl adjacent to an activating group) is 1. The quantitative estimate of drug-likeness (QED) is 0.201. The number of nitrogen functional groups attached to an aromatic ring is 1. The minimum absolute atomic E-state index is 0.0614. The van der Waals surface area contributed by atoms with Crippen molar-refractivity contribution in [2.24, 2.45) is 5.73 Å². The number of phenolic OH excluding ortho intramolecular Hbond substituents is 1. The first-order chi connectivity index (χ1) is 24.3. The van der Waals surface area contributed by atoms with Gasteiger partial charge in [-0.1, -0.05) is 18.2 Å². The Balaban J connectivity index is 0.000000279. The minimum atomic E-state index is -0.627. The van der Waals surface area contributed by atoms with Gasteiger partial charge in [0.25, 0.3) is 0 Å². The third-order valence-corrected chi connectivity index (χ3v) is 9.37. The molecular formula is C39H38N8O3. The number of imidazole rings is 1. The Morgan fingerprint density at radius 1 is 0.860 bits per heavy atom. The van der Waals surface area contributed by atoms with Crippen LogP contribution in [0.15, 0.2) is 91.1 Å². The SMILES string of the molecule is CN1CCN(c2cccc(-c3ccc4nc(-c5cccnc5N)n(-c5ccc6c(c5)CCC6)c4n3)c2)CC1.NC(=O)c1ccc(O)c(C=O)c1. The van der Waals surface area contributed by atoms with Crippen LogP contribution in [0.2, 0.25) is 0 Å². The third kappa shape index (κ3) is 6.50. The van der Waals surface area contributed by atoms with Crippen molar-refractivity contribution in [2.45, 2.75) is 19.3 Å². The van der Waals surface area contributed by atoms with E-state index in [0.29, 0.717) is 12.1 Å². The van der Waals surface area contributed by atoms with E-state index in [1.54, 1.807) is 6.20 Å². The normalized spacial score (nSPS) is 14.2. The fourth-order valence-corrected chi connectivity index (χ4v) is 6.58. The summed E-state index contributed by atoms with van der Waals surface area (Å²) < 4.78 is 2.15. The summed E-state index contributed by atoms with van der Waals surface area (Å²) in [7, 11) is 2.18. The molecule has 1 aliphatic heterocycles. The Morgan fingerprint density at radius 2 is 1.68 bits per heavy atom. The van der Waals surface area contributed by atoms with Crippen molar-refractivity contribution < 1.29 is 14.7 Å². The molecule has 2 aliphatic rings. The molecule has 1 fully saturated rings. The van der Waals surface area contributed by atoms with Crippen LogP contribution in [0.5, 0.6) is 5.75 Å². The van der Waals surface area contributed by atoms with Crippen LogP contribution in [0, 0.1) is 0 Å². The molecule has 1 aliphatic carbocycles. The molecule has 0 radical (unpaired) electrons. The number of pyridine rings is 2. The molecule has 3 aromatic heterocycles. The standard InChI is InChI=1S/C31H31N7.C8H7NO3/c1-36-15-17-37(18-16-36)24-8-3-7-23(20-24)27-12-13-28-31(34-27)38(25-11-10-21-5-2-6-22(21)19-25)30(35-28)26-9-4-14-33-29(26)32;9-8(12)5-1-2-7(11)6(3-5)4-10/h3-4,7-14,19-20H,2,5-6,15-18H2,1H3,(H2,32,33);1-4,11H,(H2,9,12). The molecule has 3 aromatic carbocycles. The van der Waals surface area contributed by atoms with E-state index in [9.17, 15) is 9.59 Å². The molecule has 0 atom stereocenters. The van der Waals surface area contributed by atoms with Gasteiger partial charge in [0, 0.05) is 54.9 Å². The van der Waals surface area contributed by atoms with Crippen LogP contribution in [0.3, 0.4) is 0 Å². The average molecular weight is 667 g/mol. The number of nitrogens with zero attached hydrogens (tertiary/aromatic N) is 6. The molecule has 5 N–H and O–H groups in total. The number of aldehydes is 1. The van der Waals surface area contributed by atoms with Gasteiger partial charge in [0.05, 0.1) is 16.8 Å². The molecule has 0 unspecified atom stereocenters. The fraction of sp³-hybridized carbons (Fsp3) is 0.205. The lowest BCUT2D eigenvalue weighted by Gasteiger charge is -2.34. The Labute approximate surface area is 289 Å². The number of hydrogen-bond acceptors (Lipinski definition) is 9. The number of carbonyl (C=O) groups excluding carboxylic acids is 2. The van der Waals surface area contributed by atoms with Gasteiger partial charge in [-0.05, 0) is 104 Å². The molecule has 6 aromatic rings. The van der Waals surface area contributed by atoms with Gasteiger partial charge >= 0.3 is 0 Å². The summed E-state index contributed by atoms with van der Waals surface area (Å²) in [4.78, 5) is 40.3. The predicted molar refractivity (Wildman–Crippen MR) is 196 cm³/mol. The first-order valence-electron chi connectivity index (χ1n) is 16.6. The van der Waals surface area contributed by atoms with Crippen molar-refractivity contribution in [3.63, 3.8) is 0 Å². The molecule has 8 rings (SSSR count). The summed E-state index contributed by atoms with van der Waals surface area (Å²) >= 11 is 0. The summed E-state index contributed by atoms with van der Waals surface area (Å²) in [6.45, 7) is 4.23. The van der Waals surface area contributed by atoms with Crippen molar-refractivity contribution in [2.75, 3.05) is 43.9 Å². The highest BCUT2D eigenvalue weighted by atomic mass is 16.3. The number of carbonyl (C=O) groups is 2. The summed E-state index contributed by atoms with van der Waals surface area (Å²) in [6, 6.07) is 27.3. The van der Waals surface area contributed by atoms with E-state index in [2.05, 4.69) is 81.0 Å². The van der Waals surface area contributed by atoms with E-state index in [0.717, 1.165) is 78.5 Å².